The van der Waals surface area contributed by atoms with Crippen molar-refractivity contribution >= 4 is 49.6 Å². The lowest BCUT2D eigenvalue weighted by atomic mass is 9.99. The van der Waals surface area contributed by atoms with Gasteiger partial charge in [0.1, 0.15) is 0 Å². The van der Waals surface area contributed by atoms with Gasteiger partial charge < -0.3 is 0 Å². The van der Waals surface area contributed by atoms with E-state index in [9.17, 15) is 8.42 Å². The van der Waals surface area contributed by atoms with Gasteiger partial charge in [-0.2, -0.15) is 0 Å². The molecule has 0 bridgehead atoms. The summed E-state index contributed by atoms with van der Waals surface area (Å²) in [6, 6.07) is 4.16. The average Bonchev–Trinajstić information content (AvgIpc) is 3.31. The quantitative estimate of drug-likeness (QED) is 0.307. The number of thiophene rings is 1. The van der Waals surface area contributed by atoms with E-state index < -0.39 is 9.84 Å². The first kappa shape index (κ1) is 18.4. The largest absolute Gasteiger partial charge is 0.228 e. The van der Waals surface area contributed by atoms with E-state index in [2.05, 4.69) is 31.0 Å². The summed E-state index contributed by atoms with van der Waals surface area (Å²) in [6.45, 7) is 6.02. The second-order valence-electron chi connectivity index (χ2n) is 8.76. The van der Waals surface area contributed by atoms with E-state index in [0.29, 0.717) is 6.42 Å². The van der Waals surface area contributed by atoms with Crippen molar-refractivity contribution in [1.82, 2.24) is 0 Å². The van der Waals surface area contributed by atoms with Crippen LogP contribution in [0.25, 0.3) is 0 Å². The molecule has 0 aliphatic carbocycles. The van der Waals surface area contributed by atoms with Crippen molar-refractivity contribution in [2.45, 2.75) is 54.0 Å². The summed E-state index contributed by atoms with van der Waals surface area (Å²) >= 11 is 1.71. The highest BCUT2D eigenvalue weighted by atomic mass is 32.2. The Morgan fingerprint density at radius 3 is 2.38 bits per heavy atom. The summed E-state index contributed by atoms with van der Waals surface area (Å²) in [6.07, 6.45) is 10.3. The Morgan fingerprint density at radius 2 is 1.96 bits per heavy atom. The average molecular weight is 422 g/mol. The zero-order valence-electron chi connectivity index (χ0n) is 15.3. The minimum absolute atomic E-state index is 0.0808. The minimum atomic E-state index is -3.08. The van der Waals surface area contributed by atoms with E-state index in [1.807, 2.05) is 6.08 Å². The van der Waals surface area contributed by atoms with Crippen molar-refractivity contribution < 1.29 is 8.42 Å². The molecule has 0 N–H and O–H groups in total. The highest BCUT2D eigenvalue weighted by Gasteiger charge is 2.68. The van der Waals surface area contributed by atoms with Crippen molar-refractivity contribution in [2.24, 2.45) is 5.92 Å². The van der Waals surface area contributed by atoms with E-state index in [-0.39, 0.29) is 31.5 Å². The summed E-state index contributed by atoms with van der Waals surface area (Å²) in [4.78, 5) is 1.23. The fourth-order valence-corrected chi connectivity index (χ4v) is 21.0. The van der Waals surface area contributed by atoms with Crippen LogP contribution in [0.15, 0.2) is 30.2 Å². The molecule has 0 amide bonds. The SMILES string of the molecule is C=CC[C@@H](C)[C@@H](Cc1cccs1)S(=O)(=O)C(P1CC2CB21)P1CC2CB21. The molecule has 5 rings (SSSR count). The van der Waals surface area contributed by atoms with Crippen LogP contribution < -0.4 is 0 Å². The monoisotopic (exact) mass is 422 g/mol. The van der Waals surface area contributed by atoms with E-state index >= 15 is 0 Å². The molecule has 0 radical (unpaired) electrons. The van der Waals surface area contributed by atoms with Crippen LogP contribution in [0.2, 0.25) is 24.3 Å². The molecular formula is C18H26B2O2P2S2. The van der Waals surface area contributed by atoms with E-state index in [4.69, 9.17) is 0 Å². The third kappa shape index (κ3) is 3.02. The molecule has 8 heteroatoms. The number of hydrogen-bond donors (Lipinski definition) is 0. The molecule has 4 saturated heterocycles. The summed E-state index contributed by atoms with van der Waals surface area (Å²) in [5.74, 6) is 1.98. The molecule has 0 saturated carbocycles. The minimum Gasteiger partial charge on any atom is -0.228 e. The van der Waals surface area contributed by atoms with Crippen molar-refractivity contribution in [3.8, 4) is 0 Å². The molecule has 0 spiro atoms. The lowest BCUT2D eigenvalue weighted by molar-refractivity contribution is 0.507. The Balaban J connectivity index is 1.45. The van der Waals surface area contributed by atoms with Crippen LogP contribution in [0.5, 0.6) is 0 Å². The summed E-state index contributed by atoms with van der Waals surface area (Å²) in [7, 11) is -3.56. The second-order valence-corrected chi connectivity index (χ2v) is 18.3. The number of fused-ring (bicyclic) bond motifs is 2. The maximum absolute atomic E-state index is 14.1. The van der Waals surface area contributed by atoms with Crippen LogP contribution in [0, 0.1) is 5.92 Å². The lowest BCUT2D eigenvalue weighted by Gasteiger charge is -2.44. The predicted octanol–water partition coefficient (Wildman–Crippen LogP) is 5.31. The molecule has 2 nitrogen and oxygen atoms in total. The summed E-state index contributed by atoms with van der Waals surface area (Å²) < 4.78 is 28.2. The second kappa shape index (κ2) is 6.72. The number of rotatable bonds is 9. The van der Waals surface area contributed by atoms with Crippen LogP contribution in [-0.2, 0) is 16.3 Å². The van der Waals surface area contributed by atoms with Crippen molar-refractivity contribution in [1.29, 1.82) is 0 Å². The zero-order chi connectivity index (χ0) is 18.1. The van der Waals surface area contributed by atoms with Gasteiger partial charge in [-0.25, -0.2) is 8.42 Å². The van der Waals surface area contributed by atoms with Gasteiger partial charge in [0.2, 0.25) is 0 Å². The maximum Gasteiger partial charge on any atom is 0.175 e. The summed E-state index contributed by atoms with van der Waals surface area (Å²) in [5, 5.41) is 1.86. The van der Waals surface area contributed by atoms with Gasteiger partial charge in [0.05, 0.1) is 9.98 Å². The molecule has 1 aromatic rings. The van der Waals surface area contributed by atoms with Gasteiger partial charge in [-0.1, -0.05) is 43.3 Å². The Bertz CT molecular complexity index is 776. The molecule has 5 heterocycles. The van der Waals surface area contributed by atoms with Gasteiger partial charge in [-0.3, -0.25) is 0 Å². The van der Waals surface area contributed by atoms with Crippen LogP contribution in [0.3, 0.4) is 0 Å². The van der Waals surface area contributed by atoms with Crippen molar-refractivity contribution in [3.63, 3.8) is 0 Å². The van der Waals surface area contributed by atoms with E-state index in [1.54, 1.807) is 11.3 Å². The zero-order valence-corrected chi connectivity index (χ0v) is 18.7. The smallest absolute Gasteiger partial charge is 0.175 e. The van der Waals surface area contributed by atoms with E-state index in [1.165, 1.54) is 29.8 Å². The maximum atomic E-state index is 14.1. The predicted molar refractivity (Wildman–Crippen MR) is 121 cm³/mol. The van der Waals surface area contributed by atoms with Crippen LogP contribution in [0.4, 0.5) is 0 Å². The Kier molecular flexibility index (Phi) is 4.76. The van der Waals surface area contributed by atoms with Crippen molar-refractivity contribution in [2.75, 3.05) is 12.3 Å². The van der Waals surface area contributed by atoms with Crippen molar-refractivity contribution in [3.05, 3.63) is 35.0 Å². The number of allylic oxidation sites excluding steroid dienone is 1. The van der Waals surface area contributed by atoms with Crippen LogP contribution in [0.1, 0.15) is 18.2 Å². The number of hydrogen-bond acceptors (Lipinski definition) is 3. The standard InChI is InChI=1S/C18H26B2O2P2S2/c1-3-5-13(2)17(8-16-6-4-7-25-16)26(21,22)18(23-11-14-9-19(14)23)24-12-15-10-20(15)24/h3-4,6-7,13-15,17-18H,1,5,8-12H2,2H3/t13-,14?,15?,17-,18?,23?,24?/m1/s1. The van der Waals surface area contributed by atoms with Gasteiger partial charge >= 0.3 is 0 Å². The van der Waals surface area contributed by atoms with Gasteiger partial charge in [-0.15, -0.1) is 33.5 Å². The molecule has 1 aromatic heterocycles. The number of sulfone groups is 1. The fourth-order valence-electron chi connectivity index (χ4n) is 5.12. The van der Waals surface area contributed by atoms with Gasteiger partial charge in [0, 0.05) is 4.88 Å². The van der Waals surface area contributed by atoms with E-state index in [0.717, 1.165) is 30.9 Å². The first-order valence-corrected chi connectivity index (χ1v) is 15.7. The molecule has 0 aromatic carbocycles. The highest BCUT2D eigenvalue weighted by Crippen LogP contribution is 2.86. The van der Waals surface area contributed by atoms with Crippen LogP contribution >= 0.6 is 26.9 Å². The molecule has 6 atom stereocenters. The van der Waals surface area contributed by atoms with Gasteiger partial charge in [0.15, 0.2) is 22.7 Å². The highest BCUT2D eigenvalue weighted by molar-refractivity contribution is 8.22. The summed E-state index contributed by atoms with van der Waals surface area (Å²) in [5.41, 5.74) is 0. The normalized spacial score (nSPS) is 34.7. The topological polar surface area (TPSA) is 34.1 Å². The third-order valence-corrected chi connectivity index (χ3v) is 21.0. The first-order chi connectivity index (χ1) is 12.5. The Hall–Kier alpha value is 0.380. The molecular weight excluding hydrogens is 396 g/mol. The molecule has 4 aliphatic heterocycles. The third-order valence-electron chi connectivity index (χ3n) is 6.95. The molecule has 26 heavy (non-hydrogen) atoms. The fraction of sp³-hybridized carbons (Fsp3) is 0.667. The Labute approximate surface area is 165 Å². The van der Waals surface area contributed by atoms with Gasteiger partial charge in [-0.05, 0) is 42.5 Å². The molecule has 4 aliphatic rings. The first-order valence-electron chi connectivity index (χ1n) is 9.88. The molecule has 4 unspecified atom stereocenters. The molecule has 138 valence electrons. The van der Waals surface area contributed by atoms with Crippen LogP contribution in [-0.4, -0.2) is 43.6 Å². The Morgan fingerprint density at radius 1 is 1.31 bits per heavy atom. The molecule has 4 fully saturated rings. The van der Waals surface area contributed by atoms with Gasteiger partial charge in [0.25, 0.3) is 0 Å². The lowest BCUT2D eigenvalue weighted by Crippen LogP contribution is -2.40.